The van der Waals surface area contributed by atoms with Gasteiger partial charge in [0.05, 0.1) is 0 Å². The van der Waals surface area contributed by atoms with Crippen molar-refractivity contribution in [3.05, 3.63) is 60.3 Å². The number of fused-ring (bicyclic) bond motifs is 1. The Morgan fingerprint density at radius 1 is 1.04 bits per heavy atom. The second-order valence-corrected chi connectivity index (χ2v) is 5.40. The van der Waals surface area contributed by atoms with Gasteiger partial charge in [0.25, 0.3) is 5.89 Å². The Hall–Kier alpha value is -2.92. The van der Waals surface area contributed by atoms with Gasteiger partial charge in [0.2, 0.25) is 5.82 Å². The smallest absolute Gasteiger partial charge is 0.258 e. The number of nitrogens with zero attached hydrogens (tertiary/aromatic N) is 2. The molecule has 114 valence electrons. The molecule has 0 aliphatic heterocycles. The SMILES string of the molecule is NCCc1c[nH]c2ccc(-c3nc(-c4ccccc4)no3)cc12. The van der Waals surface area contributed by atoms with E-state index in [0.29, 0.717) is 18.3 Å². The molecule has 4 aromatic rings. The van der Waals surface area contributed by atoms with Crippen LogP contribution in [0.3, 0.4) is 0 Å². The second-order valence-electron chi connectivity index (χ2n) is 5.40. The fourth-order valence-corrected chi connectivity index (χ4v) is 2.72. The minimum Gasteiger partial charge on any atom is -0.361 e. The summed E-state index contributed by atoms with van der Waals surface area (Å²) in [5.41, 5.74) is 9.80. The zero-order valence-electron chi connectivity index (χ0n) is 12.5. The second kappa shape index (κ2) is 5.70. The third-order valence-electron chi connectivity index (χ3n) is 3.89. The van der Waals surface area contributed by atoms with E-state index < -0.39 is 0 Å². The average molecular weight is 304 g/mol. The molecule has 0 saturated carbocycles. The molecule has 0 unspecified atom stereocenters. The molecule has 2 aromatic heterocycles. The zero-order valence-corrected chi connectivity index (χ0v) is 12.5. The highest BCUT2D eigenvalue weighted by Crippen LogP contribution is 2.27. The molecule has 3 N–H and O–H groups in total. The van der Waals surface area contributed by atoms with Crippen LogP contribution in [0.5, 0.6) is 0 Å². The van der Waals surface area contributed by atoms with Crippen LogP contribution in [0.25, 0.3) is 33.7 Å². The molecule has 0 bridgehead atoms. The van der Waals surface area contributed by atoms with Crippen molar-refractivity contribution in [2.24, 2.45) is 5.73 Å². The molecule has 5 nitrogen and oxygen atoms in total. The molecule has 0 aliphatic carbocycles. The van der Waals surface area contributed by atoms with E-state index in [-0.39, 0.29) is 0 Å². The Morgan fingerprint density at radius 2 is 1.91 bits per heavy atom. The summed E-state index contributed by atoms with van der Waals surface area (Å²) >= 11 is 0. The zero-order chi connectivity index (χ0) is 15.6. The first-order chi connectivity index (χ1) is 11.3. The van der Waals surface area contributed by atoms with E-state index in [1.807, 2.05) is 48.7 Å². The molecular weight excluding hydrogens is 288 g/mol. The number of nitrogens with two attached hydrogens (primary N) is 1. The van der Waals surface area contributed by atoms with Crippen molar-refractivity contribution in [2.45, 2.75) is 6.42 Å². The first-order valence-electron chi connectivity index (χ1n) is 7.55. The number of hydrogen-bond acceptors (Lipinski definition) is 4. The van der Waals surface area contributed by atoms with Crippen molar-refractivity contribution in [3.63, 3.8) is 0 Å². The lowest BCUT2D eigenvalue weighted by Crippen LogP contribution is -2.01. The Kier molecular flexibility index (Phi) is 3.40. The van der Waals surface area contributed by atoms with E-state index in [4.69, 9.17) is 10.3 Å². The van der Waals surface area contributed by atoms with Crippen molar-refractivity contribution in [1.82, 2.24) is 15.1 Å². The highest BCUT2D eigenvalue weighted by Gasteiger charge is 2.12. The van der Waals surface area contributed by atoms with Crippen LogP contribution in [0.2, 0.25) is 0 Å². The van der Waals surface area contributed by atoms with Crippen LogP contribution in [-0.2, 0) is 6.42 Å². The maximum atomic E-state index is 5.67. The third kappa shape index (κ3) is 2.51. The lowest BCUT2D eigenvalue weighted by molar-refractivity contribution is 0.432. The van der Waals surface area contributed by atoms with Crippen molar-refractivity contribution < 1.29 is 4.52 Å². The minimum absolute atomic E-state index is 0.519. The first kappa shape index (κ1) is 13.7. The van der Waals surface area contributed by atoms with E-state index in [2.05, 4.69) is 21.2 Å². The number of H-pyrrole nitrogens is 1. The van der Waals surface area contributed by atoms with Gasteiger partial charge >= 0.3 is 0 Å². The summed E-state index contributed by atoms with van der Waals surface area (Å²) in [4.78, 5) is 7.77. The molecule has 5 heteroatoms. The predicted molar refractivity (Wildman–Crippen MR) is 89.8 cm³/mol. The Morgan fingerprint density at radius 3 is 2.74 bits per heavy atom. The molecule has 0 radical (unpaired) electrons. The Bertz CT molecular complexity index is 940. The van der Waals surface area contributed by atoms with Gasteiger partial charge < -0.3 is 15.2 Å². The number of hydrogen-bond donors (Lipinski definition) is 2. The lowest BCUT2D eigenvalue weighted by atomic mass is 10.1. The molecule has 0 fully saturated rings. The summed E-state index contributed by atoms with van der Waals surface area (Å²) in [7, 11) is 0. The molecule has 4 rings (SSSR count). The van der Waals surface area contributed by atoms with Gasteiger partial charge in [-0.1, -0.05) is 35.5 Å². The minimum atomic E-state index is 0.519. The van der Waals surface area contributed by atoms with E-state index in [1.54, 1.807) is 0 Å². The maximum absolute atomic E-state index is 5.67. The molecule has 0 saturated heterocycles. The van der Waals surface area contributed by atoms with Gasteiger partial charge in [0.1, 0.15) is 0 Å². The van der Waals surface area contributed by atoms with Gasteiger partial charge in [0.15, 0.2) is 0 Å². The summed E-state index contributed by atoms with van der Waals surface area (Å²) in [6, 6.07) is 15.9. The summed E-state index contributed by atoms with van der Waals surface area (Å²) in [5.74, 6) is 1.11. The Balaban J connectivity index is 1.74. The number of aromatic nitrogens is 3. The van der Waals surface area contributed by atoms with Gasteiger partial charge in [-0.25, -0.2) is 0 Å². The third-order valence-corrected chi connectivity index (χ3v) is 3.89. The van der Waals surface area contributed by atoms with Crippen LogP contribution in [0.1, 0.15) is 5.56 Å². The van der Waals surface area contributed by atoms with Gasteiger partial charge in [0, 0.05) is 28.2 Å². The number of aromatic amines is 1. The largest absolute Gasteiger partial charge is 0.361 e. The number of benzene rings is 2. The van der Waals surface area contributed by atoms with Crippen molar-refractivity contribution >= 4 is 10.9 Å². The monoisotopic (exact) mass is 304 g/mol. The van der Waals surface area contributed by atoms with E-state index in [9.17, 15) is 0 Å². The first-order valence-corrected chi connectivity index (χ1v) is 7.55. The molecule has 0 amide bonds. The highest BCUT2D eigenvalue weighted by atomic mass is 16.5. The highest BCUT2D eigenvalue weighted by molar-refractivity contribution is 5.87. The van der Waals surface area contributed by atoms with Crippen molar-refractivity contribution in [3.8, 4) is 22.8 Å². The fraction of sp³-hybridized carbons (Fsp3) is 0.111. The Labute approximate surface area is 133 Å². The van der Waals surface area contributed by atoms with E-state index >= 15 is 0 Å². The summed E-state index contributed by atoms with van der Waals surface area (Å²) in [5, 5.41) is 5.22. The summed E-state index contributed by atoms with van der Waals surface area (Å²) < 4.78 is 5.43. The number of rotatable bonds is 4. The quantitative estimate of drug-likeness (QED) is 0.605. The average Bonchev–Trinajstić information content (AvgIpc) is 3.23. The van der Waals surface area contributed by atoms with Crippen LogP contribution in [0.15, 0.2) is 59.3 Å². The van der Waals surface area contributed by atoms with Gasteiger partial charge in [-0.2, -0.15) is 4.98 Å². The molecular formula is C18H16N4O. The maximum Gasteiger partial charge on any atom is 0.258 e. The summed E-state index contributed by atoms with van der Waals surface area (Å²) in [6.07, 6.45) is 2.84. The molecule has 2 aromatic carbocycles. The van der Waals surface area contributed by atoms with Gasteiger partial charge in [-0.3, -0.25) is 0 Å². The molecule has 0 aliphatic rings. The summed E-state index contributed by atoms with van der Waals surface area (Å²) in [6.45, 7) is 0.621. The molecule has 0 spiro atoms. The van der Waals surface area contributed by atoms with Crippen LogP contribution in [0, 0.1) is 0 Å². The van der Waals surface area contributed by atoms with Crippen LogP contribution < -0.4 is 5.73 Å². The normalized spacial score (nSPS) is 11.2. The fourth-order valence-electron chi connectivity index (χ4n) is 2.72. The topological polar surface area (TPSA) is 80.7 Å². The van der Waals surface area contributed by atoms with Gasteiger partial charge in [-0.05, 0) is 36.7 Å². The van der Waals surface area contributed by atoms with Crippen LogP contribution >= 0.6 is 0 Å². The molecule has 23 heavy (non-hydrogen) atoms. The van der Waals surface area contributed by atoms with Gasteiger partial charge in [-0.15, -0.1) is 0 Å². The standard InChI is InChI=1S/C18H16N4O/c19-9-8-14-11-20-16-7-6-13(10-15(14)16)18-21-17(22-23-18)12-4-2-1-3-5-12/h1-7,10-11,20H,8-9,19H2. The van der Waals surface area contributed by atoms with Crippen molar-refractivity contribution in [2.75, 3.05) is 6.54 Å². The van der Waals surface area contributed by atoms with Crippen LogP contribution in [0.4, 0.5) is 0 Å². The molecule has 0 atom stereocenters. The predicted octanol–water partition coefficient (Wildman–Crippen LogP) is 3.39. The van der Waals surface area contributed by atoms with E-state index in [0.717, 1.165) is 28.5 Å². The molecule has 2 heterocycles. The van der Waals surface area contributed by atoms with E-state index in [1.165, 1.54) is 5.56 Å². The van der Waals surface area contributed by atoms with Crippen LogP contribution in [-0.4, -0.2) is 21.7 Å². The lowest BCUT2D eigenvalue weighted by Gasteiger charge is -1.98. The number of nitrogens with one attached hydrogen (secondary N) is 1. The van der Waals surface area contributed by atoms with Crippen molar-refractivity contribution in [1.29, 1.82) is 0 Å².